The Kier molecular flexibility index (Phi) is 4.35. The molecule has 4 nitrogen and oxygen atoms in total. The molecule has 0 unspecified atom stereocenters. The minimum atomic E-state index is -0.991. The van der Waals surface area contributed by atoms with Crippen molar-refractivity contribution >= 4 is 5.97 Å². The molecule has 0 atom stereocenters. The molecule has 0 heterocycles. The van der Waals surface area contributed by atoms with Gasteiger partial charge in [-0.15, -0.1) is 6.42 Å². The van der Waals surface area contributed by atoms with Crippen LogP contribution in [0, 0.1) is 12.3 Å². The largest absolute Gasteiger partial charge is 0.496 e. The molecular formula is C14H16O4. The Morgan fingerprint density at radius 1 is 1.50 bits per heavy atom. The van der Waals surface area contributed by atoms with Crippen LogP contribution in [0.15, 0.2) is 18.2 Å². The number of rotatable bonds is 5. The lowest BCUT2D eigenvalue weighted by Gasteiger charge is -2.19. The van der Waals surface area contributed by atoms with Crippen LogP contribution in [0.3, 0.4) is 0 Å². The summed E-state index contributed by atoms with van der Waals surface area (Å²) in [5, 5.41) is 8.93. The van der Waals surface area contributed by atoms with Crippen LogP contribution in [0.2, 0.25) is 0 Å². The van der Waals surface area contributed by atoms with Gasteiger partial charge in [0.25, 0.3) is 0 Å². The van der Waals surface area contributed by atoms with Crippen molar-refractivity contribution in [3.8, 4) is 18.1 Å². The number of methoxy groups -OCH3 is 1. The van der Waals surface area contributed by atoms with E-state index in [2.05, 4.69) is 5.92 Å². The molecule has 0 spiro atoms. The number of benzene rings is 1. The summed E-state index contributed by atoms with van der Waals surface area (Å²) in [4.78, 5) is 10.9. The zero-order valence-corrected chi connectivity index (χ0v) is 10.7. The van der Waals surface area contributed by atoms with Crippen LogP contribution >= 0.6 is 0 Å². The number of carboxylic acid groups (broad SMARTS) is 1. The van der Waals surface area contributed by atoms with Gasteiger partial charge in [-0.05, 0) is 32.0 Å². The summed E-state index contributed by atoms with van der Waals surface area (Å²) in [6, 6.07) is 4.61. The predicted octanol–water partition coefficient (Wildman–Crippen LogP) is 2.32. The van der Waals surface area contributed by atoms with Crippen LogP contribution in [-0.4, -0.2) is 23.8 Å². The lowest BCUT2D eigenvalue weighted by Crippen LogP contribution is -2.21. The molecule has 1 rings (SSSR count). The minimum Gasteiger partial charge on any atom is -0.496 e. The molecule has 0 aromatic heterocycles. The van der Waals surface area contributed by atoms with Crippen molar-refractivity contribution in [3.63, 3.8) is 0 Å². The van der Waals surface area contributed by atoms with Crippen LogP contribution < -0.4 is 4.74 Å². The van der Waals surface area contributed by atoms with E-state index in [0.717, 1.165) is 0 Å². The molecule has 0 radical (unpaired) electrons. The Morgan fingerprint density at radius 3 is 2.67 bits per heavy atom. The molecule has 0 amide bonds. The van der Waals surface area contributed by atoms with Crippen molar-refractivity contribution in [3.05, 3.63) is 29.3 Å². The van der Waals surface area contributed by atoms with Gasteiger partial charge in [-0.3, -0.25) is 0 Å². The number of terminal acetylenes is 1. The standard InChI is InChI=1S/C14H16O4/c1-5-14(2,3)18-9-11-8-10(13(15)16)6-7-12(11)17-4/h1,6-8H,9H2,2-4H3,(H,15,16). The molecule has 1 aromatic carbocycles. The second-order valence-electron chi connectivity index (χ2n) is 4.28. The third-order valence-electron chi connectivity index (χ3n) is 2.46. The maximum absolute atomic E-state index is 10.9. The van der Waals surface area contributed by atoms with Gasteiger partial charge < -0.3 is 14.6 Å². The van der Waals surface area contributed by atoms with E-state index in [-0.39, 0.29) is 12.2 Å². The fourth-order valence-corrected chi connectivity index (χ4v) is 1.32. The summed E-state index contributed by atoms with van der Waals surface area (Å²) in [6.07, 6.45) is 5.32. The maximum atomic E-state index is 10.9. The SMILES string of the molecule is C#CC(C)(C)OCc1cc(C(=O)O)ccc1OC. The van der Waals surface area contributed by atoms with Crippen LogP contribution in [0.5, 0.6) is 5.75 Å². The molecule has 1 N–H and O–H groups in total. The monoisotopic (exact) mass is 248 g/mol. The highest BCUT2D eigenvalue weighted by Crippen LogP contribution is 2.23. The fraction of sp³-hybridized carbons (Fsp3) is 0.357. The van der Waals surface area contributed by atoms with Crippen molar-refractivity contribution in [2.24, 2.45) is 0 Å². The third kappa shape index (κ3) is 3.51. The van der Waals surface area contributed by atoms with Crippen LogP contribution in [0.1, 0.15) is 29.8 Å². The number of carboxylic acids is 1. The first-order valence-electron chi connectivity index (χ1n) is 5.41. The van der Waals surface area contributed by atoms with Gasteiger partial charge >= 0.3 is 5.97 Å². The molecule has 0 aliphatic rings. The average Bonchev–Trinajstić information content (AvgIpc) is 2.36. The summed E-state index contributed by atoms with van der Waals surface area (Å²) >= 11 is 0. The molecule has 0 fully saturated rings. The predicted molar refractivity (Wildman–Crippen MR) is 67.7 cm³/mol. The van der Waals surface area contributed by atoms with Gasteiger partial charge in [-0.2, -0.15) is 0 Å². The maximum Gasteiger partial charge on any atom is 0.335 e. The second kappa shape index (κ2) is 5.56. The van der Waals surface area contributed by atoms with E-state index in [1.54, 1.807) is 19.9 Å². The highest BCUT2D eigenvalue weighted by atomic mass is 16.5. The molecule has 4 heteroatoms. The Morgan fingerprint density at radius 2 is 2.17 bits per heavy atom. The number of ether oxygens (including phenoxy) is 2. The molecule has 96 valence electrons. The lowest BCUT2D eigenvalue weighted by atomic mass is 10.1. The molecule has 18 heavy (non-hydrogen) atoms. The van der Waals surface area contributed by atoms with E-state index in [9.17, 15) is 4.79 Å². The lowest BCUT2D eigenvalue weighted by molar-refractivity contribution is 0.0136. The fourth-order valence-electron chi connectivity index (χ4n) is 1.32. The van der Waals surface area contributed by atoms with Gasteiger partial charge in [0.2, 0.25) is 0 Å². The molecule has 0 aliphatic carbocycles. The Balaban J connectivity index is 2.96. The molecule has 0 bridgehead atoms. The zero-order chi connectivity index (χ0) is 13.8. The smallest absolute Gasteiger partial charge is 0.335 e. The van der Waals surface area contributed by atoms with E-state index < -0.39 is 11.6 Å². The van der Waals surface area contributed by atoms with Crippen molar-refractivity contribution < 1.29 is 19.4 Å². The average molecular weight is 248 g/mol. The van der Waals surface area contributed by atoms with Crippen molar-refractivity contribution in [1.29, 1.82) is 0 Å². The number of carbonyl (C=O) groups is 1. The first-order valence-corrected chi connectivity index (χ1v) is 5.41. The topological polar surface area (TPSA) is 55.8 Å². The zero-order valence-electron chi connectivity index (χ0n) is 10.7. The van der Waals surface area contributed by atoms with Gasteiger partial charge in [-0.25, -0.2) is 4.79 Å². The first kappa shape index (κ1) is 14.1. The van der Waals surface area contributed by atoms with E-state index >= 15 is 0 Å². The third-order valence-corrected chi connectivity index (χ3v) is 2.46. The van der Waals surface area contributed by atoms with Crippen LogP contribution in [-0.2, 0) is 11.3 Å². The van der Waals surface area contributed by atoms with Gasteiger partial charge in [0.1, 0.15) is 11.4 Å². The highest BCUT2D eigenvalue weighted by Gasteiger charge is 2.16. The number of hydrogen-bond donors (Lipinski definition) is 1. The Bertz CT molecular complexity index is 483. The van der Waals surface area contributed by atoms with Gasteiger partial charge in [0.05, 0.1) is 19.3 Å². The van der Waals surface area contributed by atoms with Crippen LogP contribution in [0.4, 0.5) is 0 Å². The minimum absolute atomic E-state index is 0.188. The summed E-state index contributed by atoms with van der Waals surface area (Å²) in [7, 11) is 1.52. The molecule has 1 aromatic rings. The number of aromatic carboxylic acids is 1. The molecule has 0 aliphatic heterocycles. The van der Waals surface area contributed by atoms with E-state index in [1.165, 1.54) is 19.2 Å². The molecular weight excluding hydrogens is 232 g/mol. The van der Waals surface area contributed by atoms with E-state index in [4.69, 9.17) is 21.0 Å². The van der Waals surface area contributed by atoms with Crippen molar-refractivity contribution in [2.75, 3.05) is 7.11 Å². The number of hydrogen-bond acceptors (Lipinski definition) is 3. The second-order valence-corrected chi connectivity index (χ2v) is 4.28. The van der Waals surface area contributed by atoms with Crippen molar-refractivity contribution in [1.82, 2.24) is 0 Å². The van der Waals surface area contributed by atoms with Gasteiger partial charge in [0, 0.05) is 5.56 Å². The van der Waals surface area contributed by atoms with Crippen LogP contribution in [0.25, 0.3) is 0 Å². The van der Waals surface area contributed by atoms with Gasteiger partial charge in [0.15, 0.2) is 0 Å². The Labute approximate surface area is 107 Å². The molecule has 0 saturated heterocycles. The summed E-state index contributed by atoms with van der Waals surface area (Å²) in [5.74, 6) is 2.09. The Hall–Kier alpha value is -1.99. The van der Waals surface area contributed by atoms with E-state index in [1.807, 2.05) is 0 Å². The highest BCUT2D eigenvalue weighted by molar-refractivity contribution is 5.88. The normalized spacial score (nSPS) is 10.8. The summed E-state index contributed by atoms with van der Waals surface area (Å²) in [6.45, 7) is 3.72. The van der Waals surface area contributed by atoms with Crippen molar-refractivity contribution in [2.45, 2.75) is 26.1 Å². The molecule has 0 saturated carbocycles. The first-order chi connectivity index (χ1) is 8.39. The summed E-state index contributed by atoms with van der Waals surface area (Å²) in [5.41, 5.74) is 0.137. The van der Waals surface area contributed by atoms with Gasteiger partial charge in [-0.1, -0.05) is 5.92 Å². The van der Waals surface area contributed by atoms with E-state index in [0.29, 0.717) is 11.3 Å². The summed E-state index contributed by atoms with van der Waals surface area (Å²) < 4.78 is 10.7. The quantitative estimate of drug-likeness (QED) is 0.812.